The Bertz CT molecular complexity index is 394. The summed E-state index contributed by atoms with van der Waals surface area (Å²) in [7, 11) is 0. The van der Waals surface area contributed by atoms with Crippen molar-refractivity contribution in [2.24, 2.45) is 11.7 Å². The predicted octanol–water partition coefficient (Wildman–Crippen LogP) is 0.658. The van der Waals surface area contributed by atoms with Gasteiger partial charge in [0.1, 0.15) is 0 Å². The third-order valence-corrected chi connectivity index (χ3v) is 4.31. The van der Waals surface area contributed by atoms with Crippen molar-refractivity contribution in [3.05, 3.63) is 35.9 Å². The van der Waals surface area contributed by atoms with Gasteiger partial charge in [0.05, 0.1) is 6.17 Å². The smallest absolute Gasteiger partial charge is 0.0736 e. The first kappa shape index (κ1) is 12.1. The van der Waals surface area contributed by atoms with E-state index in [1.165, 1.54) is 5.56 Å². The summed E-state index contributed by atoms with van der Waals surface area (Å²) in [5.74, 6) is 0.527. The molecule has 98 valence electrons. The van der Waals surface area contributed by atoms with Crippen LogP contribution in [0.15, 0.2) is 30.3 Å². The summed E-state index contributed by atoms with van der Waals surface area (Å²) < 4.78 is 0. The second kappa shape index (κ2) is 4.97. The topological polar surface area (TPSA) is 53.3 Å². The quantitative estimate of drug-likeness (QED) is 0.733. The molecule has 3 rings (SSSR count). The summed E-state index contributed by atoms with van der Waals surface area (Å²) in [4.78, 5) is 2.57. The van der Waals surface area contributed by atoms with E-state index in [4.69, 9.17) is 5.73 Å². The zero-order chi connectivity index (χ0) is 12.5. The molecule has 2 fully saturated rings. The minimum atomic E-state index is 0.0878. The minimum absolute atomic E-state index is 0.0878. The monoisotopic (exact) mass is 246 g/mol. The number of benzene rings is 1. The second-order valence-electron chi connectivity index (χ2n) is 5.39. The van der Waals surface area contributed by atoms with Gasteiger partial charge in [-0.2, -0.15) is 0 Å². The van der Waals surface area contributed by atoms with Crippen molar-refractivity contribution in [1.82, 2.24) is 15.8 Å². The molecule has 4 heteroatoms. The van der Waals surface area contributed by atoms with Gasteiger partial charge in [-0.3, -0.25) is 10.3 Å². The van der Waals surface area contributed by atoms with Crippen molar-refractivity contribution in [2.45, 2.75) is 38.1 Å². The molecule has 4 unspecified atom stereocenters. The largest absolute Gasteiger partial charge is 0.315 e. The molecule has 2 saturated heterocycles. The van der Waals surface area contributed by atoms with E-state index < -0.39 is 0 Å². The molecular formula is C14H22N4. The normalized spacial score (nSPS) is 35.9. The van der Waals surface area contributed by atoms with Crippen LogP contribution in [0, 0.1) is 5.92 Å². The van der Waals surface area contributed by atoms with Crippen LogP contribution < -0.4 is 16.6 Å². The predicted molar refractivity (Wildman–Crippen MR) is 72.5 cm³/mol. The molecular weight excluding hydrogens is 224 g/mol. The van der Waals surface area contributed by atoms with Crippen LogP contribution in [0.1, 0.15) is 18.9 Å². The van der Waals surface area contributed by atoms with Crippen molar-refractivity contribution in [2.75, 3.05) is 6.54 Å². The van der Waals surface area contributed by atoms with Gasteiger partial charge in [0, 0.05) is 31.1 Å². The summed E-state index contributed by atoms with van der Waals surface area (Å²) in [6.45, 7) is 4.37. The first-order chi connectivity index (χ1) is 8.79. The number of nitrogens with zero attached hydrogens (tertiary/aromatic N) is 1. The molecule has 0 aliphatic carbocycles. The van der Waals surface area contributed by atoms with Crippen molar-refractivity contribution in [1.29, 1.82) is 0 Å². The van der Waals surface area contributed by atoms with Crippen LogP contribution in [0.4, 0.5) is 0 Å². The van der Waals surface area contributed by atoms with E-state index in [-0.39, 0.29) is 6.17 Å². The van der Waals surface area contributed by atoms with Crippen molar-refractivity contribution in [3.63, 3.8) is 0 Å². The average Bonchev–Trinajstić information content (AvgIpc) is 2.91. The van der Waals surface area contributed by atoms with E-state index in [2.05, 4.69) is 53.0 Å². The lowest BCUT2D eigenvalue weighted by Gasteiger charge is -2.27. The molecule has 2 aliphatic rings. The molecule has 1 aromatic rings. The van der Waals surface area contributed by atoms with Crippen LogP contribution in [0.2, 0.25) is 0 Å². The molecule has 4 atom stereocenters. The molecule has 0 amide bonds. The molecule has 0 bridgehead atoms. The number of likely N-dealkylation sites (tertiary alicyclic amines) is 1. The Morgan fingerprint density at radius 2 is 2.06 bits per heavy atom. The van der Waals surface area contributed by atoms with Gasteiger partial charge in [0.25, 0.3) is 0 Å². The molecule has 2 heterocycles. The van der Waals surface area contributed by atoms with Crippen LogP contribution in [-0.4, -0.2) is 29.7 Å². The van der Waals surface area contributed by atoms with Crippen molar-refractivity contribution < 1.29 is 0 Å². The number of hydrazine groups is 1. The maximum atomic E-state index is 6.09. The fourth-order valence-electron chi connectivity index (χ4n) is 3.38. The fraction of sp³-hybridized carbons (Fsp3) is 0.571. The Hall–Kier alpha value is -0.940. The number of fused-ring (bicyclic) bond motifs is 1. The first-order valence-corrected chi connectivity index (χ1v) is 6.84. The lowest BCUT2D eigenvalue weighted by molar-refractivity contribution is 0.208. The van der Waals surface area contributed by atoms with Crippen LogP contribution in [0.3, 0.4) is 0 Å². The lowest BCUT2D eigenvalue weighted by atomic mass is 9.98. The first-order valence-electron chi connectivity index (χ1n) is 6.84. The third kappa shape index (κ3) is 2.06. The third-order valence-electron chi connectivity index (χ3n) is 4.31. The number of hydrogen-bond donors (Lipinski definition) is 3. The van der Waals surface area contributed by atoms with Gasteiger partial charge in [-0.15, -0.1) is 0 Å². The number of nitrogens with two attached hydrogens (primary N) is 1. The van der Waals surface area contributed by atoms with Gasteiger partial charge in [-0.25, -0.2) is 5.43 Å². The zero-order valence-corrected chi connectivity index (χ0v) is 10.8. The van der Waals surface area contributed by atoms with Crippen molar-refractivity contribution >= 4 is 0 Å². The van der Waals surface area contributed by atoms with Crippen LogP contribution in [-0.2, 0) is 6.54 Å². The molecule has 4 N–H and O–H groups in total. The van der Waals surface area contributed by atoms with Gasteiger partial charge in [-0.1, -0.05) is 37.3 Å². The second-order valence-corrected chi connectivity index (χ2v) is 5.39. The molecule has 1 aromatic carbocycles. The molecule has 0 spiro atoms. The number of hydrogen-bond acceptors (Lipinski definition) is 4. The molecule has 0 aromatic heterocycles. The average molecular weight is 246 g/mol. The molecule has 2 aliphatic heterocycles. The summed E-state index contributed by atoms with van der Waals surface area (Å²) >= 11 is 0. The van der Waals surface area contributed by atoms with E-state index in [1.54, 1.807) is 0 Å². The summed E-state index contributed by atoms with van der Waals surface area (Å²) in [6.07, 6.45) is 1.25. The Labute approximate surface area is 109 Å². The van der Waals surface area contributed by atoms with Crippen molar-refractivity contribution in [3.8, 4) is 0 Å². The minimum Gasteiger partial charge on any atom is -0.315 e. The van der Waals surface area contributed by atoms with E-state index in [9.17, 15) is 0 Å². The van der Waals surface area contributed by atoms with Crippen LogP contribution in [0.25, 0.3) is 0 Å². The van der Waals surface area contributed by atoms with Gasteiger partial charge in [-0.05, 0) is 12.0 Å². The van der Waals surface area contributed by atoms with E-state index in [0.717, 1.165) is 19.5 Å². The molecule has 18 heavy (non-hydrogen) atoms. The fourth-order valence-corrected chi connectivity index (χ4v) is 3.38. The number of nitrogens with one attached hydrogen (secondary N) is 2. The van der Waals surface area contributed by atoms with E-state index >= 15 is 0 Å². The Balaban J connectivity index is 1.73. The standard InChI is InChI=1S/C14H22N4/c1-2-12-13-11(14(15)17-16-13)9-18(12)8-10-6-4-3-5-7-10/h3-7,11-14,16-17H,2,8-9,15H2,1H3. The molecule has 0 saturated carbocycles. The highest BCUT2D eigenvalue weighted by atomic mass is 15.5. The van der Waals surface area contributed by atoms with Gasteiger partial charge in [0.2, 0.25) is 0 Å². The lowest BCUT2D eigenvalue weighted by Crippen LogP contribution is -2.46. The van der Waals surface area contributed by atoms with Gasteiger partial charge >= 0.3 is 0 Å². The zero-order valence-electron chi connectivity index (χ0n) is 10.8. The van der Waals surface area contributed by atoms with E-state index in [0.29, 0.717) is 18.0 Å². The highest BCUT2D eigenvalue weighted by Crippen LogP contribution is 2.30. The Morgan fingerprint density at radius 1 is 1.28 bits per heavy atom. The van der Waals surface area contributed by atoms with Gasteiger partial charge < -0.3 is 5.73 Å². The summed E-state index contributed by atoms with van der Waals surface area (Å²) in [6, 6.07) is 11.8. The maximum Gasteiger partial charge on any atom is 0.0736 e. The SMILES string of the molecule is CCC1C2NNC(N)C2CN1Cc1ccccc1. The van der Waals surface area contributed by atoms with E-state index in [1.807, 2.05) is 0 Å². The van der Waals surface area contributed by atoms with Crippen LogP contribution in [0.5, 0.6) is 0 Å². The molecule has 0 radical (unpaired) electrons. The summed E-state index contributed by atoms with van der Waals surface area (Å²) in [5, 5.41) is 0. The van der Waals surface area contributed by atoms with Crippen LogP contribution >= 0.6 is 0 Å². The highest BCUT2D eigenvalue weighted by molar-refractivity contribution is 5.16. The molecule has 4 nitrogen and oxygen atoms in total. The summed E-state index contributed by atoms with van der Waals surface area (Å²) in [5.41, 5.74) is 14.0. The Morgan fingerprint density at radius 3 is 2.78 bits per heavy atom. The highest BCUT2D eigenvalue weighted by Gasteiger charge is 2.46. The Kier molecular flexibility index (Phi) is 3.35. The maximum absolute atomic E-state index is 6.09. The van der Waals surface area contributed by atoms with Gasteiger partial charge in [0.15, 0.2) is 0 Å². The number of rotatable bonds is 3.